The van der Waals surface area contributed by atoms with Gasteiger partial charge in [0.15, 0.2) is 11.5 Å². The second kappa shape index (κ2) is 6.49. The number of nitrogen functional groups attached to an aromatic ring is 1. The van der Waals surface area contributed by atoms with Gasteiger partial charge in [0, 0.05) is 11.4 Å². The van der Waals surface area contributed by atoms with Crippen LogP contribution >= 0.6 is 11.8 Å². The van der Waals surface area contributed by atoms with Crippen LogP contribution in [0.5, 0.6) is 0 Å². The Labute approximate surface area is 143 Å². The molecule has 0 saturated carbocycles. The van der Waals surface area contributed by atoms with Gasteiger partial charge in [-0.3, -0.25) is 0 Å². The van der Waals surface area contributed by atoms with Gasteiger partial charge in [-0.25, -0.2) is 15.0 Å². The summed E-state index contributed by atoms with van der Waals surface area (Å²) in [6.45, 7) is 0.869. The SMILES string of the molecule is Nc1ncnc2c1ncn2CCCSc1ccc2ccccc2c1. The molecule has 5 nitrogen and oxygen atoms in total. The molecule has 4 aromatic rings. The summed E-state index contributed by atoms with van der Waals surface area (Å²) in [6, 6.07) is 15.1. The molecule has 0 fully saturated rings. The van der Waals surface area contributed by atoms with Crippen molar-refractivity contribution in [1.29, 1.82) is 0 Å². The van der Waals surface area contributed by atoms with E-state index in [0.29, 0.717) is 11.3 Å². The monoisotopic (exact) mass is 335 g/mol. The van der Waals surface area contributed by atoms with Gasteiger partial charge < -0.3 is 10.3 Å². The number of nitrogens with zero attached hydrogens (tertiary/aromatic N) is 4. The number of aryl methyl sites for hydroxylation is 1. The highest BCUT2D eigenvalue weighted by atomic mass is 32.2. The maximum Gasteiger partial charge on any atom is 0.165 e. The van der Waals surface area contributed by atoms with Crippen molar-refractivity contribution >= 4 is 39.5 Å². The first kappa shape index (κ1) is 15.0. The second-order valence-electron chi connectivity index (χ2n) is 5.58. The van der Waals surface area contributed by atoms with Gasteiger partial charge in [0.1, 0.15) is 11.8 Å². The normalized spacial score (nSPS) is 11.3. The Balaban J connectivity index is 1.39. The largest absolute Gasteiger partial charge is 0.382 e. The lowest BCUT2D eigenvalue weighted by molar-refractivity contribution is 0.696. The molecule has 0 spiro atoms. The highest BCUT2D eigenvalue weighted by molar-refractivity contribution is 7.99. The second-order valence-corrected chi connectivity index (χ2v) is 6.75. The van der Waals surface area contributed by atoms with Crippen molar-refractivity contribution in [2.24, 2.45) is 0 Å². The molecular formula is C18H17N5S. The third kappa shape index (κ3) is 2.92. The van der Waals surface area contributed by atoms with Gasteiger partial charge in [0.2, 0.25) is 0 Å². The summed E-state index contributed by atoms with van der Waals surface area (Å²) in [6.07, 6.45) is 4.31. The molecule has 0 amide bonds. The molecule has 0 aliphatic heterocycles. The molecule has 6 heteroatoms. The minimum Gasteiger partial charge on any atom is -0.382 e. The van der Waals surface area contributed by atoms with E-state index < -0.39 is 0 Å². The van der Waals surface area contributed by atoms with Crippen LogP contribution in [0.2, 0.25) is 0 Å². The summed E-state index contributed by atoms with van der Waals surface area (Å²) in [7, 11) is 0. The molecule has 0 radical (unpaired) electrons. The quantitative estimate of drug-likeness (QED) is 0.444. The number of hydrogen-bond donors (Lipinski definition) is 1. The van der Waals surface area contributed by atoms with Crippen molar-refractivity contribution in [3.63, 3.8) is 0 Å². The van der Waals surface area contributed by atoms with E-state index in [-0.39, 0.29) is 0 Å². The van der Waals surface area contributed by atoms with Crippen LogP contribution in [0, 0.1) is 0 Å². The van der Waals surface area contributed by atoms with Crippen molar-refractivity contribution in [2.45, 2.75) is 17.9 Å². The fourth-order valence-corrected chi connectivity index (χ4v) is 3.63. The van der Waals surface area contributed by atoms with Gasteiger partial charge in [0.25, 0.3) is 0 Å². The molecule has 0 saturated heterocycles. The Morgan fingerprint density at radius 1 is 1.00 bits per heavy atom. The Kier molecular flexibility index (Phi) is 4.04. The van der Waals surface area contributed by atoms with Gasteiger partial charge in [-0.1, -0.05) is 30.3 Å². The molecule has 2 N–H and O–H groups in total. The molecular weight excluding hydrogens is 318 g/mol. The number of aromatic nitrogens is 4. The van der Waals surface area contributed by atoms with Gasteiger partial charge in [-0.05, 0) is 35.1 Å². The number of rotatable bonds is 5. The first-order valence-electron chi connectivity index (χ1n) is 7.84. The number of anilines is 1. The first-order chi connectivity index (χ1) is 11.8. The predicted octanol–water partition coefficient (Wildman–Crippen LogP) is 3.74. The Morgan fingerprint density at radius 3 is 2.79 bits per heavy atom. The third-order valence-electron chi connectivity index (χ3n) is 3.96. The summed E-state index contributed by atoms with van der Waals surface area (Å²) in [5.41, 5.74) is 7.30. The van der Waals surface area contributed by atoms with Crippen LogP contribution in [0.4, 0.5) is 5.82 Å². The predicted molar refractivity (Wildman–Crippen MR) is 99.0 cm³/mol. The lowest BCUT2D eigenvalue weighted by atomic mass is 10.1. The van der Waals surface area contributed by atoms with Crippen molar-refractivity contribution in [2.75, 3.05) is 11.5 Å². The van der Waals surface area contributed by atoms with Crippen LogP contribution in [0.15, 0.2) is 60.0 Å². The average molecular weight is 335 g/mol. The summed E-state index contributed by atoms with van der Waals surface area (Å²) >= 11 is 1.87. The van der Waals surface area contributed by atoms with Gasteiger partial charge in [-0.2, -0.15) is 0 Å². The molecule has 0 bridgehead atoms. The zero-order valence-electron chi connectivity index (χ0n) is 13.1. The maximum absolute atomic E-state index is 5.81. The number of hydrogen-bond acceptors (Lipinski definition) is 5. The standard InChI is InChI=1S/C18H17N5S/c19-17-16-18(21-11-20-17)23(12-22-16)8-3-9-24-15-7-6-13-4-1-2-5-14(13)10-15/h1-2,4-7,10-12H,3,8-9H2,(H2,19,20,21). The van der Waals surface area contributed by atoms with E-state index in [9.17, 15) is 0 Å². The molecule has 0 aliphatic carbocycles. The van der Waals surface area contributed by atoms with Gasteiger partial charge in [0.05, 0.1) is 6.33 Å². The summed E-state index contributed by atoms with van der Waals surface area (Å²) in [4.78, 5) is 13.8. The number of fused-ring (bicyclic) bond motifs is 2. The average Bonchev–Trinajstić information content (AvgIpc) is 3.03. The molecule has 2 aromatic heterocycles. The van der Waals surface area contributed by atoms with Crippen molar-refractivity contribution < 1.29 is 0 Å². The van der Waals surface area contributed by atoms with E-state index >= 15 is 0 Å². The first-order valence-corrected chi connectivity index (χ1v) is 8.83. The number of thioether (sulfide) groups is 1. The molecule has 0 unspecified atom stereocenters. The Morgan fingerprint density at radius 2 is 1.88 bits per heavy atom. The van der Waals surface area contributed by atoms with E-state index in [2.05, 4.69) is 57.4 Å². The van der Waals surface area contributed by atoms with Gasteiger partial charge in [-0.15, -0.1) is 11.8 Å². The van der Waals surface area contributed by atoms with Crippen LogP contribution in [0.25, 0.3) is 21.9 Å². The third-order valence-corrected chi connectivity index (χ3v) is 5.04. The minimum atomic E-state index is 0.435. The lowest BCUT2D eigenvalue weighted by Gasteiger charge is -2.05. The van der Waals surface area contributed by atoms with E-state index in [1.807, 2.05) is 16.3 Å². The van der Waals surface area contributed by atoms with Crippen LogP contribution in [0.3, 0.4) is 0 Å². The van der Waals surface area contributed by atoms with Crippen LogP contribution < -0.4 is 5.73 Å². The fourth-order valence-electron chi connectivity index (χ4n) is 2.74. The smallest absolute Gasteiger partial charge is 0.165 e. The van der Waals surface area contributed by atoms with Crippen molar-refractivity contribution in [3.8, 4) is 0 Å². The Hall–Kier alpha value is -2.60. The van der Waals surface area contributed by atoms with E-state index in [0.717, 1.165) is 24.4 Å². The molecule has 0 atom stereocenters. The van der Waals surface area contributed by atoms with E-state index in [1.54, 1.807) is 6.33 Å². The van der Waals surface area contributed by atoms with Gasteiger partial charge >= 0.3 is 0 Å². The van der Waals surface area contributed by atoms with Crippen LogP contribution in [-0.4, -0.2) is 25.3 Å². The summed E-state index contributed by atoms with van der Waals surface area (Å²) in [5, 5.41) is 2.57. The van der Waals surface area contributed by atoms with Crippen LogP contribution in [0.1, 0.15) is 6.42 Å². The summed E-state index contributed by atoms with van der Waals surface area (Å²) in [5.74, 6) is 1.47. The van der Waals surface area contributed by atoms with E-state index in [1.165, 1.54) is 22.0 Å². The van der Waals surface area contributed by atoms with E-state index in [4.69, 9.17) is 5.73 Å². The number of nitrogens with two attached hydrogens (primary N) is 1. The molecule has 0 aliphatic rings. The number of benzene rings is 2. The maximum atomic E-state index is 5.81. The molecule has 4 rings (SSSR count). The Bertz CT molecular complexity index is 995. The zero-order valence-corrected chi connectivity index (χ0v) is 13.9. The topological polar surface area (TPSA) is 69.6 Å². The van der Waals surface area contributed by atoms with Crippen LogP contribution in [-0.2, 0) is 6.54 Å². The van der Waals surface area contributed by atoms with Crippen molar-refractivity contribution in [3.05, 3.63) is 55.1 Å². The fraction of sp³-hybridized carbons (Fsp3) is 0.167. The highest BCUT2D eigenvalue weighted by Gasteiger charge is 2.07. The van der Waals surface area contributed by atoms with Crippen molar-refractivity contribution in [1.82, 2.24) is 19.5 Å². The highest BCUT2D eigenvalue weighted by Crippen LogP contribution is 2.24. The molecule has 120 valence electrons. The molecule has 2 aromatic carbocycles. The number of imidazole rings is 1. The molecule has 2 heterocycles. The minimum absolute atomic E-state index is 0.435. The zero-order chi connectivity index (χ0) is 16.4. The lowest BCUT2D eigenvalue weighted by Crippen LogP contribution is -2.00. The molecule has 24 heavy (non-hydrogen) atoms. The summed E-state index contributed by atoms with van der Waals surface area (Å²) < 4.78 is 2.04.